The molecule has 6 heteroatoms. The largest absolute Gasteiger partial charge is 0.376 e. The first-order chi connectivity index (χ1) is 8.02. The molecule has 0 bridgehead atoms. The highest BCUT2D eigenvalue weighted by Gasteiger charge is 2.12. The molecule has 0 amide bonds. The quantitative estimate of drug-likeness (QED) is 0.582. The number of aromatic nitrogens is 1. The smallest absolute Gasteiger partial charge is 0.242 e. The Morgan fingerprint density at radius 1 is 1.59 bits per heavy atom. The summed E-state index contributed by atoms with van der Waals surface area (Å²) in [4.78, 5) is 3.91. The highest BCUT2D eigenvalue weighted by atomic mass is 32.2. The molecule has 5 nitrogen and oxygen atoms in total. The van der Waals surface area contributed by atoms with E-state index < -0.39 is 10.0 Å². The minimum Gasteiger partial charge on any atom is -0.376 e. The Hall–Kier alpha value is -1.24. The molecule has 0 saturated heterocycles. The van der Waals surface area contributed by atoms with Crippen molar-refractivity contribution in [3.05, 3.63) is 36.7 Å². The zero-order valence-electron chi connectivity index (χ0n) is 9.72. The van der Waals surface area contributed by atoms with Crippen LogP contribution in [0, 0.1) is 0 Å². The summed E-state index contributed by atoms with van der Waals surface area (Å²) in [6.07, 6.45) is 2.83. The van der Waals surface area contributed by atoms with Crippen molar-refractivity contribution in [1.29, 1.82) is 0 Å². The van der Waals surface area contributed by atoms with Crippen LogP contribution in [0.5, 0.6) is 0 Å². The molecular formula is C11H16N2O3S. The highest BCUT2D eigenvalue weighted by molar-refractivity contribution is 7.89. The van der Waals surface area contributed by atoms with Crippen LogP contribution in [0.3, 0.4) is 0 Å². The maximum atomic E-state index is 11.7. The summed E-state index contributed by atoms with van der Waals surface area (Å²) >= 11 is 0. The number of sulfonamides is 1. The summed E-state index contributed by atoms with van der Waals surface area (Å²) in [5, 5.41) is 0. The molecule has 0 aliphatic heterocycles. The normalized spacial score (nSPS) is 11.4. The van der Waals surface area contributed by atoms with Crippen molar-refractivity contribution < 1.29 is 13.2 Å². The van der Waals surface area contributed by atoms with Crippen molar-refractivity contribution in [3.8, 4) is 0 Å². The van der Waals surface area contributed by atoms with Crippen LogP contribution in [0.2, 0.25) is 0 Å². The number of pyridine rings is 1. The van der Waals surface area contributed by atoms with E-state index in [1.807, 2.05) is 6.92 Å². The van der Waals surface area contributed by atoms with Gasteiger partial charge >= 0.3 is 0 Å². The van der Waals surface area contributed by atoms with Crippen LogP contribution in [0.4, 0.5) is 0 Å². The minimum absolute atomic E-state index is 0.153. The van der Waals surface area contributed by atoms with Gasteiger partial charge in [-0.25, -0.2) is 13.1 Å². The van der Waals surface area contributed by atoms with Crippen LogP contribution in [0.1, 0.15) is 6.92 Å². The standard InChI is InChI=1S/C11H16N2O3S/c1-10(2)9-16-7-6-13-17(14,15)11-4-3-5-12-8-11/h3-5,8,13H,1,6-7,9H2,2H3. The van der Waals surface area contributed by atoms with Gasteiger partial charge in [-0.1, -0.05) is 12.2 Å². The van der Waals surface area contributed by atoms with Gasteiger partial charge in [0.15, 0.2) is 0 Å². The van der Waals surface area contributed by atoms with Gasteiger partial charge in [-0.3, -0.25) is 4.98 Å². The Balaban J connectivity index is 2.39. The third kappa shape index (κ3) is 5.08. The monoisotopic (exact) mass is 256 g/mol. The lowest BCUT2D eigenvalue weighted by Gasteiger charge is -2.06. The number of nitrogens with zero attached hydrogens (tertiary/aromatic N) is 1. The molecule has 0 radical (unpaired) electrons. The Bertz CT molecular complexity index is 457. The zero-order valence-corrected chi connectivity index (χ0v) is 10.5. The minimum atomic E-state index is -3.48. The summed E-state index contributed by atoms with van der Waals surface area (Å²) in [6.45, 7) is 6.50. The first kappa shape index (κ1) is 13.8. The van der Waals surface area contributed by atoms with Gasteiger partial charge in [0, 0.05) is 18.9 Å². The molecule has 1 aromatic rings. The van der Waals surface area contributed by atoms with Gasteiger partial charge in [-0.15, -0.1) is 0 Å². The SMILES string of the molecule is C=C(C)COCCNS(=O)(=O)c1cccnc1. The molecule has 0 aliphatic rings. The Morgan fingerprint density at radius 3 is 2.94 bits per heavy atom. The van der Waals surface area contributed by atoms with E-state index in [-0.39, 0.29) is 11.4 Å². The third-order valence-corrected chi connectivity index (χ3v) is 3.28. The van der Waals surface area contributed by atoms with E-state index in [0.717, 1.165) is 5.57 Å². The van der Waals surface area contributed by atoms with Crippen molar-refractivity contribution in [2.75, 3.05) is 19.8 Å². The van der Waals surface area contributed by atoms with Crippen LogP contribution in [-0.2, 0) is 14.8 Å². The predicted molar refractivity (Wildman–Crippen MR) is 65.1 cm³/mol. The summed E-state index contributed by atoms with van der Waals surface area (Å²) in [5.74, 6) is 0. The molecule has 1 N–H and O–H groups in total. The van der Waals surface area contributed by atoms with Crippen LogP contribution in [0.15, 0.2) is 41.6 Å². The van der Waals surface area contributed by atoms with Crippen LogP contribution in [-0.4, -0.2) is 33.2 Å². The fourth-order valence-electron chi connectivity index (χ4n) is 1.08. The molecule has 94 valence electrons. The Morgan fingerprint density at radius 2 is 2.35 bits per heavy atom. The van der Waals surface area contributed by atoms with Crippen LogP contribution < -0.4 is 4.72 Å². The number of hydrogen-bond donors (Lipinski definition) is 1. The zero-order chi connectivity index (χ0) is 12.7. The fraction of sp³-hybridized carbons (Fsp3) is 0.364. The molecule has 0 fully saturated rings. The van der Waals surface area contributed by atoms with Gasteiger partial charge in [0.1, 0.15) is 4.90 Å². The van der Waals surface area contributed by atoms with Crippen molar-refractivity contribution in [2.24, 2.45) is 0 Å². The maximum Gasteiger partial charge on any atom is 0.242 e. The van der Waals surface area contributed by atoms with Crippen molar-refractivity contribution >= 4 is 10.0 Å². The molecule has 17 heavy (non-hydrogen) atoms. The lowest BCUT2D eigenvalue weighted by molar-refractivity contribution is 0.162. The number of rotatable bonds is 7. The predicted octanol–water partition coefficient (Wildman–Crippen LogP) is 0.953. The second kappa shape index (κ2) is 6.48. The average molecular weight is 256 g/mol. The van der Waals surface area contributed by atoms with Gasteiger partial charge in [-0.2, -0.15) is 0 Å². The summed E-state index contributed by atoms with van der Waals surface area (Å²) in [7, 11) is -3.48. The van der Waals surface area contributed by atoms with E-state index in [1.165, 1.54) is 18.5 Å². The molecule has 0 aliphatic carbocycles. The second-order valence-corrected chi connectivity index (χ2v) is 5.36. The summed E-state index contributed by atoms with van der Waals surface area (Å²) < 4.78 is 31.0. The first-order valence-corrected chi connectivity index (χ1v) is 6.62. The number of ether oxygens (including phenoxy) is 1. The lowest BCUT2D eigenvalue weighted by atomic mass is 10.4. The molecule has 1 rings (SSSR count). The Kier molecular flexibility index (Phi) is 5.27. The van der Waals surface area contributed by atoms with Crippen LogP contribution >= 0.6 is 0 Å². The molecule has 1 aromatic heterocycles. The molecule has 0 atom stereocenters. The van der Waals surface area contributed by atoms with Gasteiger partial charge in [0.25, 0.3) is 0 Å². The van der Waals surface area contributed by atoms with Crippen molar-refractivity contribution in [3.63, 3.8) is 0 Å². The maximum absolute atomic E-state index is 11.7. The number of nitrogens with one attached hydrogen (secondary N) is 1. The Labute approximate surface area is 102 Å². The summed E-state index contributed by atoms with van der Waals surface area (Å²) in [5.41, 5.74) is 0.903. The third-order valence-electron chi connectivity index (χ3n) is 1.83. The first-order valence-electron chi connectivity index (χ1n) is 5.14. The van der Waals surface area contributed by atoms with Crippen LogP contribution in [0.25, 0.3) is 0 Å². The molecule has 0 unspecified atom stereocenters. The highest BCUT2D eigenvalue weighted by Crippen LogP contribution is 2.04. The fourth-order valence-corrected chi connectivity index (χ4v) is 2.06. The molecule has 1 heterocycles. The molecule has 0 aromatic carbocycles. The second-order valence-electron chi connectivity index (χ2n) is 3.60. The lowest BCUT2D eigenvalue weighted by Crippen LogP contribution is -2.27. The van der Waals surface area contributed by atoms with E-state index in [0.29, 0.717) is 13.2 Å². The topological polar surface area (TPSA) is 68.3 Å². The number of hydrogen-bond acceptors (Lipinski definition) is 4. The van der Waals surface area contributed by atoms with Crippen molar-refractivity contribution in [2.45, 2.75) is 11.8 Å². The van der Waals surface area contributed by atoms with Crippen molar-refractivity contribution in [1.82, 2.24) is 9.71 Å². The van der Waals surface area contributed by atoms with E-state index in [9.17, 15) is 8.42 Å². The molecule has 0 spiro atoms. The van der Waals surface area contributed by atoms with Gasteiger partial charge < -0.3 is 4.74 Å². The van der Waals surface area contributed by atoms with Gasteiger partial charge in [-0.05, 0) is 19.1 Å². The molecule has 0 saturated carbocycles. The van der Waals surface area contributed by atoms with Gasteiger partial charge in [0.2, 0.25) is 10.0 Å². The van der Waals surface area contributed by atoms with E-state index in [1.54, 1.807) is 6.07 Å². The van der Waals surface area contributed by atoms with Gasteiger partial charge in [0.05, 0.1) is 13.2 Å². The van der Waals surface area contributed by atoms with E-state index in [2.05, 4.69) is 16.3 Å². The average Bonchev–Trinajstić information content (AvgIpc) is 2.29. The van der Waals surface area contributed by atoms with E-state index in [4.69, 9.17) is 4.74 Å². The summed E-state index contributed by atoms with van der Waals surface area (Å²) in [6, 6.07) is 3.07. The molecular weight excluding hydrogens is 240 g/mol. The van der Waals surface area contributed by atoms with E-state index >= 15 is 0 Å².